The van der Waals surface area contributed by atoms with E-state index >= 15 is 0 Å². The molecule has 9 heteroatoms. The normalized spacial score (nSPS) is 13.6. The molecule has 2 N–H and O–H groups in total. The van der Waals surface area contributed by atoms with Crippen LogP contribution in [-0.4, -0.2) is 48.1 Å². The molecular formula is C27H39N3O5S. The summed E-state index contributed by atoms with van der Waals surface area (Å²) in [5, 5.41) is 8.72. The molecule has 1 aromatic heterocycles. The van der Waals surface area contributed by atoms with Crippen LogP contribution in [0.3, 0.4) is 0 Å². The molecule has 2 aromatic rings. The number of ketones is 1. The Morgan fingerprint density at radius 3 is 2.42 bits per heavy atom. The highest BCUT2D eigenvalue weighted by Gasteiger charge is 2.27. The number of esters is 1. The summed E-state index contributed by atoms with van der Waals surface area (Å²) < 4.78 is 10.3. The van der Waals surface area contributed by atoms with E-state index in [1.54, 1.807) is 12.3 Å². The lowest BCUT2D eigenvalue weighted by Crippen LogP contribution is -2.50. The number of hydrogen-bond donors (Lipinski definition) is 2. The second-order valence-corrected chi connectivity index (χ2v) is 10.1. The van der Waals surface area contributed by atoms with Gasteiger partial charge in [0.25, 0.3) is 0 Å². The number of aromatic nitrogens is 1. The van der Waals surface area contributed by atoms with Gasteiger partial charge in [0.05, 0.1) is 24.2 Å². The number of carbonyl (C=O) groups is 3. The van der Waals surface area contributed by atoms with Crippen LogP contribution in [0.15, 0.2) is 35.7 Å². The van der Waals surface area contributed by atoms with E-state index in [-0.39, 0.29) is 36.8 Å². The molecule has 0 saturated carbocycles. The lowest BCUT2D eigenvalue weighted by molar-refractivity contribution is -0.121. The molecule has 2 unspecified atom stereocenters. The smallest absolute Gasteiger partial charge is 0.408 e. The fraction of sp³-hybridized carbons (Fsp3) is 0.556. The fourth-order valence-corrected chi connectivity index (χ4v) is 4.47. The van der Waals surface area contributed by atoms with Gasteiger partial charge >= 0.3 is 12.1 Å². The number of rotatable bonds is 15. The Balaban J connectivity index is 1.89. The number of nitrogens with one attached hydrogen (secondary N) is 2. The highest BCUT2D eigenvalue weighted by atomic mass is 32.1. The first kappa shape index (κ1) is 29.5. The van der Waals surface area contributed by atoms with Crippen molar-refractivity contribution in [3.63, 3.8) is 0 Å². The van der Waals surface area contributed by atoms with Gasteiger partial charge in [-0.15, -0.1) is 11.3 Å². The molecular weight excluding hydrogens is 478 g/mol. The highest BCUT2D eigenvalue weighted by molar-refractivity contribution is 7.09. The lowest BCUT2D eigenvalue weighted by atomic mass is 9.94. The van der Waals surface area contributed by atoms with Gasteiger partial charge in [0, 0.05) is 17.8 Å². The number of benzene rings is 1. The maximum atomic E-state index is 13.1. The Labute approximate surface area is 218 Å². The van der Waals surface area contributed by atoms with Crippen molar-refractivity contribution < 1.29 is 23.9 Å². The number of alkyl carbamates (subject to hydrolysis) is 1. The zero-order valence-electron chi connectivity index (χ0n) is 21.9. The molecule has 0 aliphatic heterocycles. The Kier molecular flexibility index (Phi) is 12.6. The number of amides is 1. The van der Waals surface area contributed by atoms with E-state index < -0.39 is 18.1 Å². The van der Waals surface area contributed by atoms with Crippen LogP contribution < -0.4 is 10.6 Å². The first-order valence-electron chi connectivity index (χ1n) is 12.6. The van der Waals surface area contributed by atoms with Gasteiger partial charge in [-0.1, -0.05) is 64.4 Å². The van der Waals surface area contributed by atoms with Crippen LogP contribution in [0.4, 0.5) is 4.79 Å². The third kappa shape index (κ3) is 9.70. The predicted octanol–water partition coefficient (Wildman–Crippen LogP) is 4.78. The molecule has 1 aromatic carbocycles. The summed E-state index contributed by atoms with van der Waals surface area (Å²) in [5.41, 5.74) is 1.22. The second kappa shape index (κ2) is 15.4. The minimum atomic E-state index is -0.635. The van der Waals surface area contributed by atoms with Crippen molar-refractivity contribution in [2.45, 2.75) is 72.6 Å². The molecule has 0 spiro atoms. The Morgan fingerprint density at radius 1 is 1.06 bits per heavy atom. The number of hydrogen-bond acceptors (Lipinski definition) is 8. The van der Waals surface area contributed by atoms with Crippen LogP contribution in [0.5, 0.6) is 0 Å². The van der Waals surface area contributed by atoms with E-state index in [9.17, 15) is 14.4 Å². The van der Waals surface area contributed by atoms with E-state index in [1.165, 1.54) is 11.3 Å². The molecule has 0 aliphatic carbocycles. The molecule has 0 saturated heterocycles. The summed E-state index contributed by atoms with van der Waals surface area (Å²) in [5.74, 6) is -0.230. The maximum absolute atomic E-state index is 13.1. The molecule has 36 heavy (non-hydrogen) atoms. The molecule has 0 aliphatic rings. The number of thiazole rings is 1. The maximum Gasteiger partial charge on any atom is 0.408 e. The highest BCUT2D eigenvalue weighted by Crippen LogP contribution is 2.17. The van der Waals surface area contributed by atoms with E-state index in [4.69, 9.17) is 9.47 Å². The van der Waals surface area contributed by atoms with Crippen LogP contribution in [0.1, 0.15) is 68.5 Å². The SMILES string of the molecule is CCOC(=O)c1csc(CC[C@@H](NCC(=O)C(NC(=O)OCc2ccccc2)C(C)CC)C(C)C)n1. The van der Waals surface area contributed by atoms with E-state index in [0.29, 0.717) is 18.7 Å². The molecule has 2 rings (SSSR count). The Hall–Kier alpha value is -2.78. The third-order valence-electron chi connectivity index (χ3n) is 6.09. The van der Waals surface area contributed by atoms with Crippen LogP contribution >= 0.6 is 11.3 Å². The zero-order valence-corrected chi connectivity index (χ0v) is 22.7. The van der Waals surface area contributed by atoms with Crippen molar-refractivity contribution in [2.24, 2.45) is 11.8 Å². The summed E-state index contributed by atoms with van der Waals surface area (Å²) in [6, 6.07) is 8.86. The van der Waals surface area contributed by atoms with Crippen LogP contribution in [0.25, 0.3) is 0 Å². The number of ether oxygens (including phenoxy) is 2. The summed E-state index contributed by atoms with van der Waals surface area (Å²) in [6.45, 7) is 10.5. The van der Waals surface area contributed by atoms with Crippen molar-refractivity contribution in [1.82, 2.24) is 15.6 Å². The van der Waals surface area contributed by atoms with Crippen LogP contribution in [-0.2, 0) is 27.3 Å². The predicted molar refractivity (Wildman–Crippen MR) is 141 cm³/mol. The first-order valence-corrected chi connectivity index (χ1v) is 13.5. The third-order valence-corrected chi connectivity index (χ3v) is 7.00. The number of Topliss-reactive ketones (excluding diaryl/α,β-unsaturated/α-hetero) is 1. The zero-order chi connectivity index (χ0) is 26.5. The summed E-state index contributed by atoms with van der Waals surface area (Å²) in [6.07, 6.45) is 1.60. The molecule has 1 heterocycles. The van der Waals surface area contributed by atoms with Crippen molar-refractivity contribution >= 4 is 29.2 Å². The summed E-state index contributed by atoms with van der Waals surface area (Å²) >= 11 is 1.44. The van der Waals surface area contributed by atoms with Crippen molar-refractivity contribution in [3.05, 3.63) is 52.0 Å². The van der Waals surface area contributed by atoms with E-state index in [1.807, 2.05) is 44.2 Å². The van der Waals surface area contributed by atoms with Crippen molar-refractivity contribution in [3.8, 4) is 0 Å². The van der Waals surface area contributed by atoms with Gasteiger partial charge in [0.15, 0.2) is 11.5 Å². The monoisotopic (exact) mass is 517 g/mol. The number of nitrogens with zero attached hydrogens (tertiary/aromatic N) is 1. The van der Waals surface area contributed by atoms with Gasteiger partial charge in [-0.05, 0) is 30.7 Å². The van der Waals surface area contributed by atoms with Gasteiger partial charge in [0.2, 0.25) is 0 Å². The van der Waals surface area contributed by atoms with Gasteiger partial charge < -0.3 is 20.1 Å². The molecule has 0 radical (unpaired) electrons. The lowest BCUT2D eigenvalue weighted by Gasteiger charge is -2.26. The molecule has 3 atom stereocenters. The number of carbonyl (C=O) groups excluding carboxylic acids is 3. The second-order valence-electron chi connectivity index (χ2n) is 9.15. The van der Waals surface area contributed by atoms with Crippen LogP contribution in [0.2, 0.25) is 0 Å². The Morgan fingerprint density at radius 2 is 1.78 bits per heavy atom. The average Bonchev–Trinajstić information content (AvgIpc) is 3.35. The fourth-order valence-electron chi connectivity index (χ4n) is 3.68. The number of aryl methyl sites for hydroxylation is 1. The standard InChI is InChI=1S/C27H39N3O5S/c1-6-19(5)25(30-27(33)35-16-20-11-9-8-10-12-20)23(31)15-28-21(18(3)4)13-14-24-29-22(17-36-24)26(32)34-7-2/h8-12,17-19,21,25,28H,6-7,13-16H2,1-5H3,(H,30,33)/t19?,21-,25?/m1/s1. The van der Waals surface area contributed by atoms with Gasteiger partial charge in [-0.3, -0.25) is 4.79 Å². The van der Waals surface area contributed by atoms with E-state index in [2.05, 4.69) is 29.5 Å². The molecule has 0 fully saturated rings. The van der Waals surface area contributed by atoms with Crippen molar-refractivity contribution in [1.29, 1.82) is 0 Å². The average molecular weight is 518 g/mol. The largest absolute Gasteiger partial charge is 0.461 e. The molecule has 8 nitrogen and oxygen atoms in total. The van der Waals surface area contributed by atoms with Crippen LogP contribution in [0, 0.1) is 11.8 Å². The van der Waals surface area contributed by atoms with E-state index in [0.717, 1.165) is 23.4 Å². The first-order chi connectivity index (χ1) is 17.2. The topological polar surface area (TPSA) is 107 Å². The quantitative estimate of drug-likeness (QED) is 0.328. The molecule has 198 valence electrons. The molecule has 1 amide bonds. The Bertz CT molecular complexity index is 963. The molecule has 0 bridgehead atoms. The minimum Gasteiger partial charge on any atom is -0.461 e. The summed E-state index contributed by atoms with van der Waals surface area (Å²) in [4.78, 5) is 41.7. The summed E-state index contributed by atoms with van der Waals surface area (Å²) in [7, 11) is 0. The van der Waals surface area contributed by atoms with Gasteiger partial charge in [0.1, 0.15) is 6.61 Å². The van der Waals surface area contributed by atoms with Gasteiger partial charge in [-0.2, -0.15) is 0 Å². The minimum absolute atomic E-state index is 0.0299. The van der Waals surface area contributed by atoms with Crippen molar-refractivity contribution in [2.75, 3.05) is 13.2 Å². The van der Waals surface area contributed by atoms with Gasteiger partial charge in [-0.25, -0.2) is 14.6 Å².